The summed E-state index contributed by atoms with van der Waals surface area (Å²) in [6.07, 6.45) is 0.986. The normalized spacial score (nSPS) is 10.4. The molecule has 8 nitrogen and oxygen atoms in total. The van der Waals surface area contributed by atoms with E-state index in [0.29, 0.717) is 10.6 Å². The van der Waals surface area contributed by atoms with E-state index in [1.807, 2.05) is 0 Å². The molecule has 9 heteroatoms. The van der Waals surface area contributed by atoms with Crippen LogP contribution in [-0.2, 0) is 11.3 Å². The zero-order valence-electron chi connectivity index (χ0n) is 14.9. The van der Waals surface area contributed by atoms with Gasteiger partial charge in [0.1, 0.15) is 6.54 Å². The number of nitrogens with zero attached hydrogens (tertiary/aromatic N) is 2. The van der Waals surface area contributed by atoms with Crippen LogP contribution in [0.3, 0.4) is 0 Å². The van der Waals surface area contributed by atoms with E-state index in [4.69, 9.17) is 11.6 Å². The SMILES string of the molecule is O=C(Cn1cc([N+](=O)[O-])ccc1=O)Nc1ccc(Cl)cc1C(=O)c1ccccc1. The molecule has 1 N–H and O–H groups in total. The molecule has 0 bridgehead atoms. The lowest BCUT2D eigenvalue weighted by Crippen LogP contribution is -2.27. The van der Waals surface area contributed by atoms with E-state index in [-0.39, 0.29) is 22.7 Å². The number of hydrogen-bond donors (Lipinski definition) is 1. The van der Waals surface area contributed by atoms with E-state index < -0.39 is 22.9 Å². The highest BCUT2D eigenvalue weighted by molar-refractivity contribution is 6.31. The third-order valence-corrected chi connectivity index (χ3v) is 4.26. The third kappa shape index (κ3) is 4.74. The lowest BCUT2D eigenvalue weighted by Gasteiger charge is -2.12. The first kappa shape index (κ1) is 20.0. The fraction of sp³-hybridized carbons (Fsp3) is 0.0500. The van der Waals surface area contributed by atoms with Crippen LogP contribution in [0.2, 0.25) is 5.02 Å². The number of carbonyl (C=O) groups is 2. The van der Waals surface area contributed by atoms with Crippen LogP contribution in [0.4, 0.5) is 11.4 Å². The zero-order valence-corrected chi connectivity index (χ0v) is 15.6. The van der Waals surface area contributed by atoms with Gasteiger partial charge in [-0.2, -0.15) is 0 Å². The number of amides is 1. The van der Waals surface area contributed by atoms with Crippen LogP contribution >= 0.6 is 11.6 Å². The maximum atomic E-state index is 12.8. The molecular formula is C20H14ClN3O5. The largest absolute Gasteiger partial charge is 0.324 e. The smallest absolute Gasteiger partial charge is 0.285 e. The van der Waals surface area contributed by atoms with Crippen molar-refractivity contribution in [2.45, 2.75) is 6.54 Å². The van der Waals surface area contributed by atoms with Crippen LogP contribution < -0.4 is 10.9 Å². The zero-order chi connectivity index (χ0) is 21.0. The first-order valence-electron chi connectivity index (χ1n) is 8.39. The van der Waals surface area contributed by atoms with Gasteiger partial charge >= 0.3 is 0 Å². The summed E-state index contributed by atoms with van der Waals surface area (Å²) in [5.74, 6) is -0.965. The topological polar surface area (TPSA) is 111 Å². The summed E-state index contributed by atoms with van der Waals surface area (Å²) in [7, 11) is 0. The van der Waals surface area contributed by atoms with E-state index in [9.17, 15) is 24.5 Å². The van der Waals surface area contributed by atoms with Crippen molar-refractivity contribution in [3.8, 4) is 0 Å². The molecule has 3 aromatic rings. The lowest BCUT2D eigenvalue weighted by atomic mass is 10.0. The predicted molar refractivity (Wildman–Crippen MR) is 107 cm³/mol. The average molecular weight is 412 g/mol. The van der Waals surface area contributed by atoms with Crippen molar-refractivity contribution in [3.63, 3.8) is 0 Å². The second-order valence-electron chi connectivity index (χ2n) is 6.04. The molecule has 1 amide bonds. The minimum absolute atomic E-state index is 0.184. The molecule has 1 heterocycles. The van der Waals surface area contributed by atoms with E-state index in [1.165, 1.54) is 18.2 Å². The van der Waals surface area contributed by atoms with Gasteiger partial charge in [0.05, 0.1) is 16.8 Å². The molecule has 0 aliphatic carbocycles. The van der Waals surface area contributed by atoms with Gasteiger partial charge in [-0.1, -0.05) is 41.9 Å². The maximum Gasteiger partial charge on any atom is 0.285 e. The Morgan fingerprint density at radius 3 is 2.48 bits per heavy atom. The number of ketones is 1. The number of halogens is 1. The van der Waals surface area contributed by atoms with E-state index >= 15 is 0 Å². The summed E-state index contributed by atoms with van der Waals surface area (Å²) in [6.45, 7) is -0.456. The summed E-state index contributed by atoms with van der Waals surface area (Å²) >= 11 is 6.01. The van der Waals surface area contributed by atoms with Crippen molar-refractivity contribution < 1.29 is 14.5 Å². The second-order valence-corrected chi connectivity index (χ2v) is 6.48. The number of nitrogens with one attached hydrogen (secondary N) is 1. The minimum Gasteiger partial charge on any atom is -0.324 e. The second kappa shape index (κ2) is 8.49. The molecule has 0 spiro atoms. The Morgan fingerprint density at radius 1 is 1.07 bits per heavy atom. The van der Waals surface area contributed by atoms with Gasteiger partial charge in [-0.15, -0.1) is 0 Å². The maximum absolute atomic E-state index is 12.8. The highest BCUT2D eigenvalue weighted by Crippen LogP contribution is 2.24. The van der Waals surface area contributed by atoms with E-state index in [2.05, 4.69) is 5.32 Å². The third-order valence-electron chi connectivity index (χ3n) is 4.03. The van der Waals surface area contributed by atoms with Gasteiger partial charge in [-0.05, 0) is 18.2 Å². The molecule has 0 atom stereocenters. The summed E-state index contributed by atoms with van der Waals surface area (Å²) in [5.41, 5.74) is -0.0679. The first-order valence-corrected chi connectivity index (χ1v) is 8.77. The Labute approximate surface area is 169 Å². The Morgan fingerprint density at radius 2 is 1.79 bits per heavy atom. The highest BCUT2D eigenvalue weighted by atomic mass is 35.5. The van der Waals surface area contributed by atoms with Gasteiger partial charge in [-0.3, -0.25) is 29.1 Å². The summed E-state index contributed by atoms with van der Waals surface area (Å²) in [4.78, 5) is 47.3. The fourth-order valence-electron chi connectivity index (χ4n) is 2.65. The van der Waals surface area contributed by atoms with Gasteiger partial charge in [0, 0.05) is 28.3 Å². The molecular weight excluding hydrogens is 398 g/mol. The quantitative estimate of drug-likeness (QED) is 0.380. The molecule has 0 fully saturated rings. The summed E-state index contributed by atoms with van der Waals surface area (Å²) in [6, 6.07) is 15.0. The molecule has 0 radical (unpaired) electrons. The predicted octanol–water partition coefficient (Wildman–Crippen LogP) is 3.28. The van der Waals surface area contributed by atoms with Crippen molar-refractivity contribution in [2.24, 2.45) is 0 Å². The highest BCUT2D eigenvalue weighted by Gasteiger charge is 2.17. The number of carbonyl (C=O) groups excluding carboxylic acids is 2. The number of rotatable bonds is 6. The molecule has 146 valence electrons. The van der Waals surface area contributed by atoms with E-state index in [1.54, 1.807) is 30.3 Å². The number of aromatic nitrogens is 1. The fourth-order valence-corrected chi connectivity index (χ4v) is 2.83. The van der Waals surface area contributed by atoms with Crippen LogP contribution in [0, 0.1) is 10.1 Å². The van der Waals surface area contributed by atoms with Crippen LogP contribution in [0.15, 0.2) is 71.7 Å². The van der Waals surface area contributed by atoms with Crippen LogP contribution in [0.5, 0.6) is 0 Å². The average Bonchev–Trinajstić information content (AvgIpc) is 2.71. The Bertz CT molecular complexity index is 1160. The Balaban J connectivity index is 1.86. The monoisotopic (exact) mass is 411 g/mol. The van der Waals surface area contributed by atoms with Gasteiger partial charge < -0.3 is 5.32 Å². The number of pyridine rings is 1. The summed E-state index contributed by atoms with van der Waals surface area (Å²) < 4.78 is 0.919. The molecule has 2 aromatic carbocycles. The van der Waals surface area contributed by atoms with Crippen molar-refractivity contribution >= 4 is 34.7 Å². The number of benzene rings is 2. The molecule has 0 saturated heterocycles. The first-order chi connectivity index (χ1) is 13.8. The van der Waals surface area contributed by atoms with Gasteiger partial charge in [0.25, 0.3) is 11.2 Å². The molecule has 1 aromatic heterocycles. The summed E-state index contributed by atoms with van der Waals surface area (Å²) in [5, 5.41) is 13.7. The molecule has 0 aliphatic heterocycles. The van der Waals surface area contributed by atoms with Crippen LogP contribution in [0.25, 0.3) is 0 Å². The van der Waals surface area contributed by atoms with Crippen molar-refractivity contribution in [1.29, 1.82) is 0 Å². The van der Waals surface area contributed by atoms with Gasteiger partial charge in [0.2, 0.25) is 5.91 Å². The molecule has 3 rings (SSSR count). The minimum atomic E-state index is -0.663. The number of anilines is 1. The Hall–Kier alpha value is -3.78. The van der Waals surface area contributed by atoms with Crippen LogP contribution in [0.1, 0.15) is 15.9 Å². The number of hydrogen-bond acceptors (Lipinski definition) is 5. The molecule has 0 unspecified atom stereocenters. The molecule has 0 aliphatic rings. The van der Waals surface area contributed by atoms with Gasteiger partial charge in [0.15, 0.2) is 5.78 Å². The van der Waals surface area contributed by atoms with Crippen molar-refractivity contribution in [1.82, 2.24) is 4.57 Å². The van der Waals surface area contributed by atoms with Crippen LogP contribution in [-0.4, -0.2) is 21.2 Å². The lowest BCUT2D eigenvalue weighted by molar-refractivity contribution is -0.385. The van der Waals surface area contributed by atoms with E-state index in [0.717, 1.165) is 22.9 Å². The number of nitro groups is 1. The van der Waals surface area contributed by atoms with Crippen molar-refractivity contribution in [3.05, 3.63) is 103 Å². The van der Waals surface area contributed by atoms with Gasteiger partial charge in [-0.25, -0.2) is 0 Å². The van der Waals surface area contributed by atoms with Crippen molar-refractivity contribution in [2.75, 3.05) is 5.32 Å². The molecule has 0 saturated carbocycles. The molecule has 29 heavy (non-hydrogen) atoms. The standard InChI is InChI=1S/C20H14ClN3O5/c21-14-6-8-17(16(10-14)20(27)13-4-2-1-3-5-13)22-18(25)12-23-11-15(24(28)29)7-9-19(23)26/h1-11H,12H2,(H,22,25). The Kier molecular flexibility index (Phi) is 5.85.